The number of rotatable bonds is 5. The van der Waals surface area contributed by atoms with Gasteiger partial charge in [-0.1, -0.05) is 46.3 Å². The Hall–Kier alpha value is -1.36. The average Bonchev–Trinajstić information content (AvgIpc) is 2.48. The molecule has 0 aliphatic heterocycles. The molecule has 1 atom stereocenters. The molecule has 0 saturated heterocycles. The van der Waals surface area contributed by atoms with Crippen molar-refractivity contribution < 1.29 is 4.74 Å². The molecule has 0 saturated carbocycles. The average molecular weight is 335 g/mol. The Morgan fingerprint density at radius 1 is 1.25 bits per heavy atom. The molecule has 0 radical (unpaired) electrons. The molecule has 0 amide bonds. The summed E-state index contributed by atoms with van der Waals surface area (Å²) in [6.07, 6.45) is 0.779. The van der Waals surface area contributed by atoms with Crippen LogP contribution in [-0.4, -0.2) is 7.11 Å². The monoisotopic (exact) mass is 334 g/mol. The smallest absolute Gasteiger partial charge is 0.122 e. The molecule has 0 aliphatic carbocycles. The van der Waals surface area contributed by atoms with Crippen molar-refractivity contribution in [3.05, 3.63) is 63.6 Å². The number of ether oxygens (including phenoxy) is 1. The van der Waals surface area contributed by atoms with Crippen LogP contribution in [-0.2, 0) is 6.42 Å². The highest BCUT2D eigenvalue weighted by Gasteiger charge is 2.14. The normalized spacial score (nSPS) is 12.2. The highest BCUT2D eigenvalue weighted by atomic mass is 79.9. The zero-order valence-corrected chi connectivity index (χ0v) is 13.3. The number of para-hydroxylation sites is 1. The number of nitrogens with one attached hydrogen (secondary N) is 1. The molecule has 3 nitrogen and oxygen atoms in total. The van der Waals surface area contributed by atoms with E-state index in [1.807, 2.05) is 18.2 Å². The van der Waals surface area contributed by atoms with Crippen molar-refractivity contribution in [2.45, 2.75) is 19.4 Å². The Morgan fingerprint density at radius 2 is 2.00 bits per heavy atom. The van der Waals surface area contributed by atoms with E-state index in [9.17, 15) is 0 Å². The maximum absolute atomic E-state index is 5.73. The van der Waals surface area contributed by atoms with Crippen molar-refractivity contribution in [2.24, 2.45) is 5.84 Å². The molecule has 0 spiro atoms. The minimum atomic E-state index is 0.0538. The van der Waals surface area contributed by atoms with Crippen molar-refractivity contribution in [1.29, 1.82) is 0 Å². The lowest BCUT2D eigenvalue weighted by Crippen LogP contribution is -2.29. The first kappa shape index (κ1) is 15.0. The minimum absolute atomic E-state index is 0.0538. The zero-order chi connectivity index (χ0) is 14.5. The van der Waals surface area contributed by atoms with Gasteiger partial charge in [-0.25, -0.2) is 0 Å². The number of aryl methyl sites for hydroxylation is 1. The van der Waals surface area contributed by atoms with Crippen LogP contribution in [0.15, 0.2) is 46.9 Å². The van der Waals surface area contributed by atoms with E-state index in [1.165, 1.54) is 11.1 Å². The number of methoxy groups -OCH3 is 1. The molecule has 1 unspecified atom stereocenters. The van der Waals surface area contributed by atoms with Gasteiger partial charge in [0.05, 0.1) is 13.2 Å². The fourth-order valence-corrected chi connectivity index (χ4v) is 2.50. The van der Waals surface area contributed by atoms with E-state index >= 15 is 0 Å². The Balaban J connectivity index is 2.26. The Labute approximate surface area is 128 Å². The second kappa shape index (κ2) is 6.88. The predicted molar refractivity (Wildman–Crippen MR) is 85.6 cm³/mol. The quantitative estimate of drug-likeness (QED) is 0.649. The van der Waals surface area contributed by atoms with E-state index in [0.29, 0.717) is 0 Å². The van der Waals surface area contributed by atoms with Gasteiger partial charge in [-0.3, -0.25) is 11.3 Å². The molecule has 0 fully saturated rings. The third kappa shape index (κ3) is 3.39. The molecule has 20 heavy (non-hydrogen) atoms. The van der Waals surface area contributed by atoms with Gasteiger partial charge < -0.3 is 4.74 Å². The maximum Gasteiger partial charge on any atom is 0.122 e. The largest absolute Gasteiger partial charge is 0.496 e. The van der Waals surface area contributed by atoms with Gasteiger partial charge in [0, 0.05) is 4.47 Å². The fourth-order valence-electron chi connectivity index (χ4n) is 2.25. The van der Waals surface area contributed by atoms with Crippen LogP contribution >= 0.6 is 15.9 Å². The van der Waals surface area contributed by atoms with Crippen molar-refractivity contribution in [3.8, 4) is 5.75 Å². The molecule has 2 aromatic carbocycles. The van der Waals surface area contributed by atoms with Gasteiger partial charge in [0.15, 0.2) is 0 Å². The number of hydrazine groups is 1. The second-order valence-corrected chi connectivity index (χ2v) is 5.60. The van der Waals surface area contributed by atoms with Crippen LogP contribution in [0, 0.1) is 6.92 Å². The van der Waals surface area contributed by atoms with E-state index in [0.717, 1.165) is 22.2 Å². The highest BCUT2D eigenvalue weighted by molar-refractivity contribution is 9.10. The number of nitrogens with two attached hydrogens (primary N) is 1. The molecular formula is C16H19BrN2O. The van der Waals surface area contributed by atoms with E-state index in [-0.39, 0.29) is 6.04 Å². The lowest BCUT2D eigenvalue weighted by molar-refractivity contribution is 0.405. The summed E-state index contributed by atoms with van der Waals surface area (Å²) in [6, 6.07) is 14.3. The summed E-state index contributed by atoms with van der Waals surface area (Å²) in [7, 11) is 1.69. The molecule has 2 aromatic rings. The second-order valence-electron chi connectivity index (χ2n) is 4.74. The number of halogens is 1. The van der Waals surface area contributed by atoms with Crippen LogP contribution in [0.1, 0.15) is 22.7 Å². The van der Waals surface area contributed by atoms with Gasteiger partial charge in [-0.2, -0.15) is 0 Å². The van der Waals surface area contributed by atoms with Gasteiger partial charge in [0.1, 0.15) is 5.75 Å². The Bertz CT molecular complexity index is 586. The molecule has 0 heterocycles. The fraction of sp³-hybridized carbons (Fsp3) is 0.250. The number of hydrogen-bond donors (Lipinski definition) is 2. The van der Waals surface area contributed by atoms with E-state index in [1.54, 1.807) is 7.11 Å². The summed E-state index contributed by atoms with van der Waals surface area (Å²) < 4.78 is 6.50. The topological polar surface area (TPSA) is 47.3 Å². The third-order valence-corrected chi connectivity index (χ3v) is 4.29. The van der Waals surface area contributed by atoms with Crippen LogP contribution < -0.4 is 16.0 Å². The van der Waals surface area contributed by atoms with Crippen LogP contribution in [0.2, 0.25) is 0 Å². The Morgan fingerprint density at radius 3 is 2.65 bits per heavy atom. The highest BCUT2D eigenvalue weighted by Crippen LogP contribution is 2.26. The van der Waals surface area contributed by atoms with Crippen LogP contribution in [0.25, 0.3) is 0 Å². The summed E-state index contributed by atoms with van der Waals surface area (Å²) in [5.41, 5.74) is 6.39. The SMILES string of the molecule is COc1ccccc1CC(NN)c1ccc(Br)c(C)c1. The molecule has 106 valence electrons. The van der Waals surface area contributed by atoms with Gasteiger partial charge in [-0.15, -0.1) is 0 Å². The first-order valence-electron chi connectivity index (χ1n) is 6.49. The van der Waals surface area contributed by atoms with Crippen LogP contribution in [0.4, 0.5) is 0 Å². The van der Waals surface area contributed by atoms with Gasteiger partial charge in [0.2, 0.25) is 0 Å². The van der Waals surface area contributed by atoms with Crippen LogP contribution in [0.5, 0.6) is 5.75 Å². The standard InChI is InChI=1S/C16H19BrN2O/c1-11-9-12(7-8-14(11)17)15(19-18)10-13-5-3-4-6-16(13)20-2/h3-9,15,19H,10,18H2,1-2H3. The summed E-state index contributed by atoms with van der Waals surface area (Å²) in [6.45, 7) is 2.07. The van der Waals surface area contributed by atoms with E-state index in [4.69, 9.17) is 10.6 Å². The molecule has 0 aromatic heterocycles. The van der Waals surface area contributed by atoms with Gasteiger partial charge >= 0.3 is 0 Å². The lowest BCUT2D eigenvalue weighted by Gasteiger charge is -2.19. The molecule has 3 N–H and O–H groups in total. The van der Waals surface area contributed by atoms with Crippen molar-refractivity contribution in [1.82, 2.24) is 5.43 Å². The number of hydrogen-bond acceptors (Lipinski definition) is 3. The molecule has 4 heteroatoms. The van der Waals surface area contributed by atoms with E-state index < -0.39 is 0 Å². The summed E-state index contributed by atoms with van der Waals surface area (Å²) in [5.74, 6) is 6.62. The zero-order valence-electron chi connectivity index (χ0n) is 11.7. The number of benzene rings is 2. The third-order valence-electron chi connectivity index (χ3n) is 3.40. The minimum Gasteiger partial charge on any atom is -0.496 e. The molecule has 2 rings (SSSR count). The van der Waals surface area contributed by atoms with Crippen molar-refractivity contribution in [3.63, 3.8) is 0 Å². The lowest BCUT2D eigenvalue weighted by atomic mass is 9.97. The maximum atomic E-state index is 5.73. The van der Waals surface area contributed by atoms with Gasteiger partial charge in [0.25, 0.3) is 0 Å². The summed E-state index contributed by atoms with van der Waals surface area (Å²) in [5, 5.41) is 0. The molecular weight excluding hydrogens is 316 g/mol. The van der Waals surface area contributed by atoms with E-state index in [2.05, 4.69) is 52.5 Å². The first-order chi connectivity index (χ1) is 9.65. The summed E-state index contributed by atoms with van der Waals surface area (Å²) >= 11 is 3.52. The van der Waals surface area contributed by atoms with Gasteiger partial charge in [-0.05, 0) is 42.2 Å². The summed E-state index contributed by atoms with van der Waals surface area (Å²) in [4.78, 5) is 0. The van der Waals surface area contributed by atoms with Crippen LogP contribution in [0.3, 0.4) is 0 Å². The molecule has 0 bridgehead atoms. The Kier molecular flexibility index (Phi) is 5.17. The van der Waals surface area contributed by atoms with Crippen molar-refractivity contribution in [2.75, 3.05) is 7.11 Å². The first-order valence-corrected chi connectivity index (χ1v) is 7.29. The molecule has 0 aliphatic rings. The van der Waals surface area contributed by atoms with Crippen molar-refractivity contribution >= 4 is 15.9 Å². The predicted octanol–water partition coefficient (Wildman–Crippen LogP) is 3.51.